The van der Waals surface area contributed by atoms with E-state index in [1.807, 2.05) is 60.7 Å². The average molecular weight is 392 g/mol. The van der Waals surface area contributed by atoms with Crippen LogP contribution < -0.4 is 15.0 Å². The number of methoxy groups -OCH3 is 1. The van der Waals surface area contributed by atoms with Gasteiger partial charge < -0.3 is 9.47 Å². The second kappa shape index (κ2) is 8.27. The fraction of sp³-hybridized carbons (Fsp3) is 0.182. The third-order valence-electron chi connectivity index (χ3n) is 4.43. The van der Waals surface area contributed by atoms with Crippen molar-refractivity contribution in [1.82, 2.24) is 9.55 Å². The molecule has 142 valence electrons. The Morgan fingerprint density at radius 3 is 2.54 bits per heavy atom. The van der Waals surface area contributed by atoms with E-state index in [1.54, 1.807) is 18.0 Å². The van der Waals surface area contributed by atoms with Crippen LogP contribution in [0.4, 0.5) is 0 Å². The van der Waals surface area contributed by atoms with Crippen molar-refractivity contribution in [3.63, 3.8) is 0 Å². The molecule has 0 bridgehead atoms. The van der Waals surface area contributed by atoms with Crippen molar-refractivity contribution in [3.8, 4) is 21.9 Å². The molecule has 0 spiro atoms. The molecule has 0 amide bonds. The molecule has 2 aromatic heterocycles. The van der Waals surface area contributed by atoms with Crippen molar-refractivity contribution >= 4 is 21.6 Å². The monoisotopic (exact) mass is 392 g/mol. The summed E-state index contributed by atoms with van der Waals surface area (Å²) in [5.41, 5.74) is 1.85. The van der Waals surface area contributed by atoms with Gasteiger partial charge in [-0.3, -0.25) is 9.36 Å². The van der Waals surface area contributed by atoms with Crippen LogP contribution in [-0.2, 0) is 6.54 Å². The zero-order valence-electron chi connectivity index (χ0n) is 15.5. The van der Waals surface area contributed by atoms with Gasteiger partial charge in [0.2, 0.25) is 0 Å². The maximum atomic E-state index is 12.8. The topological polar surface area (TPSA) is 53.4 Å². The second-order valence-electron chi connectivity index (χ2n) is 6.31. The molecule has 0 aliphatic heterocycles. The summed E-state index contributed by atoms with van der Waals surface area (Å²) in [4.78, 5) is 18.3. The molecule has 0 radical (unpaired) electrons. The molecule has 6 heteroatoms. The minimum absolute atomic E-state index is 0.00151. The summed E-state index contributed by atoms with van der Waals surface area (Å²) in [6.45, 7) is 1.09. The Hall–Kier alpha value is -3.12. The summed E-state index contributed by atoms with van der Waals surface area (Å²) in [5, 5.41) is 0. The first-order valence-corrected chi connectivity index (χ1v) is 9.87. The van der Waals surface area contributed by atoms with Gasteiger partial charge in [0.25, 0.3) is 5.56 Å². The number of aryl methyl sites for hydroxylation is 1. The van der Waals surface area contributed by atoms with Gasteiger partial charge in [-0.05, 0) is 42.3 Å². The summed E-state index contributed by atoms with van der Waals surface area (Å²) in [6.07, 6.45) is 2.34. The van der Waals surface area contributed by atoms with Gasteiger partial charge in [-0.2, -0.15) is 0 Å². The lowest BCUT2D eigenvalue weighted by Crippen LogP contribution is -2.20. The van der Waals surface area contributed by atoms with Crippen LogP contribution in [0.25, 0.3) is 20.7 Å². The Balaban J connectivity index is 1.42. The highest BCUT2D eigenvalue weighted by Crippen LogP contribution is 2.30. The molecule has 4 rings (SSSR count). The van der Waals surface area contributed by atoms with E-state index >= 15 is 0 Å². The number of nitrogens with zero attached hydrogens (tertiary/aromatic N) is 2. The van der Waals surface area contributed by atoms with Gasteiger partial charge in [0.15, 0.2) is 0 Å². The molecule has 2 heterocycles. The number of ether oxygens (including phenoxy) is 2. The number of fused-ring (bicyclic) bond motifs is 1. The van der Waals surface area contributed by atoms with Crippen LogP contribution in [-0.4, -0.2) is 23.3 Å². The van der Waals surface area contributed by atoms with Crippen molar-refractivity contribution in [1.29, 1.82) is 0 Å². The van der Waals surface area contributed by atoms with Crippen molar-refractivity contribution < 1.29 is 9.47 Å². The van der Waals surface area contributed by atoms with Gasteiger partial charge in [-0.15, -0.1) is 11.3 Å². The Kier molecular flexibility index (Phi) is 5.39. The van der Waals surface area contributed by atoms with Gasteiger partial charge in [0, 0.05) is 11.4 Å². The Morgan fingerprint density at radius 1 is 1.04 bits per heavy atom. The SMILES string of the molecule is COc1ccc(OCCCn2cnc3cc(-c4ccccc4)sc3c2=O)cc1. The molecule has 28 heavy (non-hydrogen) atoms. The molecule has 5 nitrogen and oxygen atoms in total. The minimum atomic E-state index is 0.00151. The van der Waals surface area contributed by atoms with Crippen LogP contribution in [0.3, 0.4) is 0 Å². The lowest BCUT2D eigenvalue weighted by atomic mass is 10.2. The normalized spacial score (nSPS) is 10.9. The van der Waals surface area contributed by atoms with E-state index in [4.69, 9.17) is 9.47 Å². The minimum Gasteiger partial charge on any atom is -0.497 e. The van der Waals surface area contributed by atoms with E-state index in [-0.39, 0.29) is 5.56 Å². The summed E-state index contributed by atoms with van der Waals surface area (Å²) in [7, 11) is 1.63. The van der Waals surface area contributed by atoms with Crippen molar-refractivity contribution in [3.05, 3.63) is 77.3 Å². The van der Waals surface area contributed by atoms with Gasteiger partial charge >= 0.3 is 0 Å². The van der Waals surface area contributed by atoms with Crippen LogP contribution in [0.1, 0.15) is 6.42 Å². The van der Waals surface area contributed by atoms with Crippen molar-refractivity contribution in [2.24, 2.45) is 0 Å². The molecule has 0 unspecified atom stereocenters. The number of benzene rings is 2. The van der Waals surface area contributed by atoms with E-state index in [2.05, 4.69) is 4.98 Å². The Labute approximate surface area is 166 Å². The van der Waals surface area contributed by atoms with Gasteiger partial charge in [-0.1, -0.05) is 30.3 Å². The first-order chi connectivity index (χ1) is 13.7. The maximum Gasteiger partial charge on any atom is 0.271 e. The molecule has 4 aromatic rings. The molecule has 0 fully saturated rings. The van der Waals surface area contributed by atoms with E-state index in [9.17, 15) is 4.79 Å². The zero-order chi connectivity index (χ0) is 19.3. The smallest absolute Gasteiger partial charge is 0.271 e. The number of thiophene rings is 1. The second-order valence-corrected chi connectivity index (χ2v) is 7.36. The van der Waals surface area contributed by atoms with Gasteiger partial charge in [-0.25, -0.2) is 4.98 Å². The fourth-order valence-electron chi connectivity index (χ4n) is 2.95. The van der Waals surface area contributed by atoms with E-state index in [1.165, 1.54) is 11.3 Å². The molecular formula is C22H20N2O3S. The van der Waals surface area contributed by atoms with Crippen LogP contribution in [0.5, 0.6) is 11.5 Å². The number of hydrogen-bond acceptors (Lipinski definition) is 5. The number of aromatic nitrogens is 2. The van der Waals surface area contributed by atoms with Crippen LogP contribution in [0, 0.1) is 0 Å². The van der Waals surface area contributed by atoms with Crippen molar-refractivity contribution in [2.75, 3.05) is 13.7 Å². The van der Waals surface area contributed by atoms with Crippen molar-refractivity contribution in [2.45, 2.75) is 13.0 Å². The highest BCUT2D eigenvalue weighted by Gasteiger charge is 2.10. The molecule has 0 atom stereocenters. The lowest BCUT2D eigenvalue weighted by molar-refractivity contribution is 0.300. The molecule has 0 N–H and O–H groups in total. The highest BCUT2D eigenvalue weighted by molar-refractivity contribution is 7.22. The highest BCUT2D eigenvalue weighted by atomic mass is 32.1. The molecule has 2 aromatic carbocycles. The van der Waals surface area contributed by atoms with Crippen LogP contribution >= 0.6 is 11.3 Å². The van der Waals surface area contributed by atoms with E-state index in [0.29, 0.717) is 17.9 Å². The Morgan fingerprint density at radius 2 is 1.79 bits per heavy atom. The summed E-state index contributed by atoms with van der Waals surface area (Å²) in [6, 6.07) is 19.5. The molecule has 0 aliphatic rings. The first-order valence-electron chi connectivity index (χ1n) is 9.06. The number of rotatable bonds is 7. The molecular weight excluding hydrogens is 372 g/mol. The summed E-state index contributed by atoms with van der Waals surface area (Å²) < 4.78 is 13.2. The lowest BCUT2D eigenvalue weighted by Gasteiger charge is -2.08. The standard InChI is InChI=1S/C22H20N2O3S/c1-26-17-8-10-18(11-9-17)27-13-5-12-24-15-23-19-14-20(28-21(19)22(24)25)16-6-3-2-4-7-16/h2-4,6-11,14-15H,5,12-13H2,1H3. The van der Waals surface area contributed by atoms with E-state index in [0.717, 1.165) is 33.9 Å². The third-order valence-corrected chi connectivity index (χ3v) is 5.59. The maximum absolute atomic E-state index is 12.8. The fourth-order valence-corrected chi connectivity index (χ4v) is 4.01. The predicted molar refractivity (Wildman–Crippen MR) is 112 cm³/mol. The van der Waals surface area contributed by atoms with E-state index < -0.39 is 0 Å². The Bertz CT molecular complexity index is 1120. The average Bonchev–Trinajstić information content (AvgIpc) is 3.19. The first kappa shape index (κ1) is 18.3. The van der Waals surface area contributed by atoms with Gasteiger partial charge in [0.05, 0.1) is 25.6 Å². The molecule has 0 saturated carbocycles. The quantitative estimate of drug-likeness (QED) is 0.431. The number of hydrogen-bond donors (Lipinski definition) is 0. The van der Waals surface area contributed by atoms with Crippen LogP contribution in [0.2, 0.25) is 0 Å². The molecule has 0 aliphatic carbocycles. The summed E-state index contributed by atoms with van der Waals surface area (Å²) >= 11 is 1.49. The largest absolute Gasteiger partial charge is 0.497 e. The predicted octanol–water partition coefficient (Wildman–Crippen LogP) is 4.60. The third kappa shape index (κ3) is 3.92. The molecule has 0 saturated heterocycles. The zero-order valence-corrected chi connectivity index (χ0v) is 16.3. The summed E-state index contributed by atoms with van der Waals surface area (Å²) in [5.74, 6) is 1.58. The van der Waals surface area contributed by atoms with Gasteiger partial charge in [0.1, 0.15) is 16.2 Å². The van der Waals surface area contributed by atoms with Crippen LogP contribution in [0.15, 0.2) is 71.8 Å².